The summed E-state index contributed by atoms with van der Waals surface area (Å²) in [6.07, 6.45) is 0. The van der Waals surface area contributed by atoms with Gasteiger partial charge >= 0.3 is 5.69 Å². The zero-order chi connectivity index (χ0) is 15.6. The summed E-state index contributed by atoms with van der Waals surface area (Å²) in [5, 5.41) is 13.2. The van der Waals surface area contributed by atoms with Crippen molar-refractivity contribution in [3.8, 4) is 0 Å². The van der Waals surface area contributed by atoms with Crippen LogP contribution in [0.1, 0.15) is 10.4 Å². The number of halogens is 2. The molecule has 0 aliphatic rings. The van der Waals surface area contributed by atoms with Crippen molar-refractivity contribution >= 4 is 34.6 Å². The zero-order valence-electron chi connectivity index (χ0n) is 10.5. The molecular weight excluding hydrogens is 301 g/mol. The monoisotopic (exact) mass is 309 g/mol. The Labute approximate surface area is 123 Å². The first kappa shape index (κ1) is 14.7. The number of hydrogen-bond acceptors (Lipinski definition) is 4. The molecule has 21 heavy (non-hydrogen) atoms. The summed E-state index contributed by atoms with van der Waals surface area (Å²) in [5.74, 6) is -1.37. The number of nitro benzene ring substituents is 1. The van der Waals surface area contributed by atoms with Crippen LogP contribution in [0.3, 0.4) is 0 Å². The van der Waals surface area contributed by atoms with E-state index in [2.05, 4.69) is 5.32 Å². The highest BCUT2D eigenvalue weighted by molar-refractivity contribution is 6.31. The Kier molecular flexibility index (Phi) is 4.04. The molecule has 2 rings (SSSR count). The molecule has 0 spiro atoms. The predicted molar refractivity (Wildman–Crippen MR) is 76.9 cm³/mol. The highest BCUT2D eigenvalue weighted by Gasteiger charge is 2.23. The zero-order valence-corrected chi connectivity index (χ0v) is 11.2. The van der Waals surface area contributed by atoms with Gasteiger partial charge < -0.3 is 11.1 Å². The van der Waals surface area contributed by atoms with E-state index < -0.39 is 22.3 Å². The summed E-state index contributed by atoms with van der Waals surface area (Å²) in [7, 11) is 0. The molecule has 0 unspecified atom stereocenters. The lowest BCUT2D eigenvalue weighted by Crippen LogP contribution is -2.15. The fraction of sp³-hybridized carbons (Fsp3) is 0. The molecule has 6 nitrogen and oxygen atoms in total. The molecule has 0 saturated carbocycles. The number of hydrogen-bond donors (Lipinski definition) is 2. The molecule has 0 aliphatic heterocycles. The van der Waals surface area contributed by atoms with Crippen LogP contribution in [0.5, 0.6) is 0 Å². The van der Waals surface area contributed by atoms with E-state index in [4.69, 9.17) is 17.3 Å². The van der Waals surface area contributed by atoms with E-state index in [9.17, 15) is 19.3 Å². The van der Waals surface area contributed by atoms with Gasteiger partial charge in [-0.3, -0.25) is 14.9 Å². The SMILES string of the molecule is Nc1cccc(C(=O)Nc2ccc(F)c(Cl)c2)c1[N+](=O)[O-]. The maximum atomic E-state index is 13.0. The van der Waals surface area contributed by atoms with Crippen molar-refractivity contribution in [1.82, 2.24) is 0 Å². The van der Waals surface area contributed by atoms with Gasteiger partial charge in [-0.15, -0.1) is 0 Å². The lowest BCUT2D eigenvalue weighted by molar-refractivity contribution is -0.384. The fourth-order valence-corrected chi connectivity index (χ4v) is 1.90. The van der Waals surface area contributed by atoms with Crippen molar-refractivity contribution in [3.63, 3.8) is 0 Å². The van der Waals surface area contributed by atoms with Crippen molar-refractivity contribution in [2.24, 2.45) is 0 Å². The number of rotatable bonds is 3. The average Bonchev–Trinajstić information content (AvgIpc) is 2.42. The molecule has 1 amide bonds. The summed E-state index contributed by atoms with van der Waals surface area (Å²) in [4.78, 5) is 22.3. The van der Waals surface area contributed by atoms with Gasteiger partial charge in [-0.1, -0.05) is 17.7 Å². The maximum Gasteiger partial charge on any atom is 0.304 e. The molecule has 0 radical (unpaired) electrons. The van der Waals surface area contributed by atoms with Gasteiger partial charge in [0.25, 0.3) is 5.91 Å². The van der Waals surface area contributed by atoms with E-state index in [1.165, 1.54) is 30.3 Å². The van der Waals surface area contributed by atoms with Crippen molar-refractivity contribution < 1.29 is 14.1 Å². The Hall–Kier alpha value is -2.67. The molecule has 0 bridgehead atoms. The Morgan fingerprint density at radius 3 is 2.67 bits per heavy atom. The van der Waals surface area contributed by atoms with Crippen LogP contribution >= 0.6 is 11.6 Å². The fourth-order valence-electron chi connectivity index (χ4n) is 1.72. The van der Waals surface area contributed by atoms with Crippen molar-refractivity contribution in [2.45, 2.75) is 0 Å². The van der Waals surface area contributed by atoms with Crippen LogP contribution in [-0.4, -0.2) is 10.8 Å². The molecule has 0 saturated heterocycles. The molecule has 8 heteroatoms. The molecule has 108 valence electrons. The predicted octanol–water partition coefficient (Wildman–Crippen LogP) is 3.22. The smallest absolute Gasteiger partial charge is 0.304 e. The van der Waals surface area contributed by atoms with E-state index in [0.29, 0.717) is 0 Å². The Morgan fingerprint density at radius 2 is 2.05 bits per heavy atom. The van der Waals surface area contributed by atoms with Gasteiger partial charge in [-0.25, -0.2) is 4.39 Å². The summed E-state index contributed by atoms with van der Waals surface area (Å²) < 4.78 is 13.0. The quantitative estimate of drug-likeness (QED) is 0.516. The third-order valence-electron chi connectivity index (χ3n) is 2.67. The summed E-state index contributed by atoms with van der Waals surface area (Å²) in [6.45, 7) is 0. The number of para-hydroxylation sites is 1. The van der Waals surface area contributed by atoms with Crippen molar-refractivity contribution in [3.05, 3.63) is 62.9 Å². The minimum atomic E-state index is -0.739. The lowest BCUT2D eigenvalue weighted by atomic mass is 10.1. The molecule has 2 aromatic rings. The number of anilines is 2. The van der Waals surface area contributed by atoms with Crippen LogP contribution in [0.2, 0.25) is 5.02 Å². The van der Waals surface area contributed by atoms with E-state index in [-0.39, 0.29) is 22.0 Å². The normalized spacial score (nSPS) is 10.2. The number of nitrogens with one attached hydrogen (secondary N) is 1. The van der Waals surface area contributed by atoms with Crippen LogP contribution in [0, 0.1) is 15.9 Å². The van der Waals surface area contributed by atoms with Gasteiger partial charge in [0, 0.05) is 5.69 Å². The van der Waals surface area contributed by atoms with Gasteiger partial charge in [0.05, 0.1) is 9.95 Å². The van der Waals surface area contributed by atoms with E-state index >= 15 is 0 Å². The highest BCUT2D eigenvalue weighted by Crippen LogP contribution is 2.27. The van der Waals surface area contributed by atoms with Crippen molar-refractivity contribution in [1.29, 1.82) is 0 Å². The molecule has 0 aliphatic carbocycles. The third kappa shape index (κ3) is 3.09. The second kappa shape index (κ2) is 5.76. The van der Waals surface area contributed by atoms with Crippen LogP contribution in [0.4, 0.5) is 21.5 Å². The number of benzene rings is 2. The van der Waals surface area contributed by atoms with E-state index in [1.54, 1.807) is 0 Å². The Bertz CT molecular complexity index is 737. The lowest BCUT2D eigenvalue weighted by Gasteiger charge is -2.07. The molecular formula is C13H9ClFN3O3. The number of carbonyl (C=O) groups excluding carboxylic acids is 1. The Morgan fingerprint density at radius 1 is 1.33 bits per heavy atom. The van der Waals surface area contributed by atoms with Crippen molar-refractivity contribution in [2.75, 3.05) is 11.1 Å². The number of nitrogen functional groups attached to an aromatic ring is 1. The minimum Gasteiger partial charge on any atom is -0.393 e. The molecule has 0 atom stereocenters. The number of nitrogens with two attached hydrogens (primary N) is 1. The standard InChI is InChI=1S/C13H9ClFN3O3/c14-9-6-7(4-5-10(9)15)17-13(19)8-2-1-3-11(16)12(8)18(20)21/h1-6H,16H2,(H,17,19). The first-order chi connectivity index (χ1) is 9.90. The second-order valence-electron chi connectivity index (χ2n) is 4.08. The maximum absolute atomic E-state index is 13.0. The summed E-state index contributed by atoms with van der Waals surface area (Å²) >= 11 is 5.60. The largest absolute Gasteiger partial charge is 0.393 e. The summed E-state index contributed by atoms with van der Waals surface area (Å²) in [5.41, 5.74) is 4.92. The van der Waals surface area contributed by atoms with Gasteiger partial charge in [0.2, 0.25) is 0 Å². The van der Waals surface area contributed by atoms with Crippen LogP contribution in [0.25, 0.3) is 0 Å². The average molecular weight is 310 g/mol. The highest BCUT2D eigenvalue weighted by atomic mass is 35.5. The van der Waals surface area contributed by atoms with Gasteiger partial charge in [-0.05, 0) is 30.3 Å². The summed E-state index contributed by atoms with van der Waals surface area (Å²) in [6, 6.07) is 7.59. The van der Waals surface area contributed by atoms with E-state index in [0.717, 1.165) is 6.07 Å². The van der Waals surface area contributed by atoms with Gasteiger partial charge in [-0.2, -0.15) is 0 Å². The topological polar surface area (TPSA) is 98.3 Å². The third-order valence-corrected chi connectivity index (χ3v) is 2.96. The number of amides is 1. The molecule has 0 fully saturated rings. The second-order valence-corrected chi connectivity index (χ2v) is 4.49. The first-order valence-corrected chi connectivity index (χ1v) is 6.07. The molecule has 0 aromatic heterocycles. The number of nitro groups is 1. The van der Waals surface area contributed by atoms with Gasteiger partial charge in [0.1, 0.15) is 17.1 Å². The van der Waals surface area contributed by atoms with Gasteiger partial charge in [0.15, 0.2) is 0 Å². The number of nitrogens with zero attached hydrogens (tertiary/aromatic N) is 1. The van der Waals surface area contributed by atoms with Crippen LogP contribution in [-0.2, 0) is 0 Å². The molecule has 0 heterocycles. The van der Waals surface area contributed by atoms with Crippen LogP contribution < -0.4 is 11.1 Å². The Balaban J connectivity index is 2.35. The number of carbonyl (C=O) groups is 1. The van der Waals surface area contributed by atoms with Crippen LogP contribution in [0.15, 0.2) is 36.4 Å². The molecule has 2 aromatic carbocycles. The first-order valence-electron chi connectivity index (χ1n) is 5.69. The molecule has 3 N–H and O–H groups in total. The minimum absolute atomic E-state index is 0.121. The van der Waals surface area contributed by atoms with E-state index in [1.807, 2.05) is 0 Å².